The number of thiophene rings is 1. The maximum atomic E-state index is 12.9. The van der Waals surface area contributed by atoms with E-state index in [9.17, 15) is 14.4 Å². The van der Waals surface area contributed by atoms with Gasteiger partial charge in [-0.05, 0) is 50.1 Å². The van der Waals surface area contributed by atoms with Crippen molar-refractivity contribution < 1.29 is 9.59 Å². The van der Waals surface area contributed by atoms with Crippen molar-refractivity contribution in [3.63, 3.8) is 0 Å². The molecule has 9 heteroatoms. The fourth-order valence-corrected chi connectivity index (χ4v) is 3.88. The van der Waals surface area contributed by atoms with E-state index in [0.29, 0.717) is 28.0 Å². The van der Waals surface area contributed by atoms with Gasteiger partial charge in [0.1, 0.15) is 6.04 Å². The number of hydrogen-bond acceptors (Lipinski definition) is 6. The topological polar surface area (TPSA) is 106 Å². The molecule has 0 fully saturated rings. The summed E-state index contributed by atoms with van der Waals surface area (Å²) in [5.74, 6) is -0.523. The second kappa shape index (κ2) is 7.89. The molecule has 0 aliphatic heterocycles. The molecule has 8 nitrogen and oxygen atoms in total. The number of anilines is 2. The van der Waals surface area contributed by atoms with Crippen molar-refractivity contribution >= 4 is 44.7 Å². The van der Waals surface area contributed by atoms with Crippen molar-refractivity contribution in [1.82, 2.24) is 15.0 Å². The number of hydrogen-bond donors (Lipinski definition) is 2. The van der Waals surface area contributed by atoms with E-state index in [4.69, 9.17) is 0 Å². The monoisotopic (exact) mass is 399 g/mol. The lowest BCUT2D eigenvalue weighted by Crippen LogP contribution is -2.35. The van der Waals surface area contributed by atoms with E-state index in [1.165, 1.54) is 18.3 Å². The van der Waals surface area contributed by atoms with Crippen molar-refractivity contribution in [2.24, 2.45) is 0 Å². The number of nitrogens with one attached hydrogen (secondary N) is 2. The smallest absolute Gasteiger partial charge is 0.279 e. The van der Waals surface area contributed by atoms with Crippen molar-refractivity contribution in [1.29, 1.82) is 0 Å². The Morgan fingerprint density at radius 3 is 2.32 bits per heavy atom. The van der Waals surface area contributed by atoms with Crippen LogP contribution in [-0.4, -0.2) is 26.8 Å². The van der Waals surface area contributed by atoms with E-state index >= 15 is 0 Å². The van der Waals surface area contributed by atoms with E-state index in [1.54, 1.807) is 24.3 Å². The van der Waals surface area contributed by atoms with Crippen LogP contribution in [0.4, 0.5) is 11.4 Å². The Kier molecular flexibility index (Phi) is 5.55. The van der Waals surface area contributed by atoms with Gasteiger partial charge in [0.05, 0.1) is 5.39 Å². The van der Waals surface area contributed by atoms with Crippen LogP contribution in [-0.2, 0) is 9.59 Å². The highest BCUT2D eigenvalue weighted by molar-refractivity contribution is 7.18. The highest BCUT2D eigenvalue weighted by Crippen LogP contribution is 2.25. The van der Waals surface area contributed by atoms with Gasteiger partial charge >= 0.3 is 0 Å². The third-order valence-corrected chi connectivity index (χ3v) is 5.57. The molecule has 0 aliphatic rings. The zero-order chi connectivity index (χ0) is 20.4. The molecule has 28 heavy (non-hydrogen) atoms. The zero-order valence-electron chi connectivity index (χ0n) is 16.1. The largest absolute Gasteiger partial charge is 0.326 e. The molecule has 2 heterocycles. The summed E-state index contributed by atoms with van der Waals surface area (Å²) in [4.78, 5) is 38.4. The Balaban J connectivity index is 1.87. The summed E-state index contributed by atoms with van der Waals surface area (Å²) in [5, 5.41) is 14.1. The van der Waals surface area contributed by atoms with Gasteiger partial charge in [-0.2, -0.15) is 4.68 Å². The summed E-state index contributed by atoms with van der Waals surface area (Å²) in [6.07, 6.45) is 0.387. The van der Waals surface area contributed by atoms with E-state index < -0.39 is 6.04 Å². The molecule has 0 spiro atoms. The SMILES string of the molecule is CCC(C(=O)Nc1ccc(NC(C)=O)cc1)n1nnc2sc(C)c(C)c2c1=O. The van der Waals surface area contributed by atoms with Crippen LogP contribution >= 0.6 is 11.3 Å². The number of carbonyl (C=O) groups is 2. The number of rotatable bonds is 5. The summed E-state index contributed by atoms with van der Waals surface area (Å²) in [6.45, 7) is 7.04. The summed E-state index contributed by atoms with van der Waals surface area (Å²) in [6, 6.07) is 5.96. The standard InChI is InChI=1S/C19H21N5O3S/c1-5-15(17(26)21-14-8-6-13(7-9-14)20-12(4)25)24-19(27)16-10(2)11(3)28-18(16)22-23-24/h6-9,15H,5H2,1-4H3,(H,20,25)(H,21,26). The number of fused-ring (bicyclic) bond motifs is 1. The minimum atomic E-state index is -0.779. The summed E-state index contributed by atoms with van der Waals surface area (Å²) in [5.41, 5.74) is 1.75. The first kappa shape index (κ1) is 19.7. The highest BCUT2D eigenvalue weighted by atomic mass is 32.1. The van der Waals surface area contributed by atoms with Crippen LogP contribution < -0.4 is 16.2 Å². The van der Waals surface area contributed by atoms with E-state index in [-0.39, 0.29) is 17.4 Å². The van der Waals surface area contributed by atoms with Crippen molar-refractivity contribution in [2.75, 3.05) is 10.6 Å². The number of carbonyl (C=O) groups excluding carboxylic acids is 2. The molecule has 2 amide bonds. The Labute approximate surface area is 165 Å². The first-order valence-electron chi connectivity index (χ1n) is 8.85. The molecule has 0 aliphatic carbocycles. The lowest BCUT2D eigenvalue weighted by atomic mass is 10.2. The first-order valence-corrected chi connectivity index (χ1v) is 9.67. The van der Waals surface area contributed by atoms with Gasteiger partial charge in [0.15, 0.2) is 4.83 Å². The van der Waals surface area contributed by atoms with Crippen LogP contribution in [0.1, 0.15) is 36.8 Å². The summed E-state index contributed by atoms with van der Waals surface area (Å²) < 4.78 is 1.16. The molecule has 146 valence electrons. The van der Waals surface area contributed by atoms with Crippen LogP contribution in [0, 0.1) is 13.8 Å². The number of nitrogens with zero attached hydrogens (tertiary/aromatic N) is 3. The van der Waals surface area contributed by atoms with Crippen LogP contribution in [0.2, 0.25) is 0 Å². The van der Waals surface area contributed by atoms with Crippen LogP contribution in [0.25, 0.3) is 10.2 Å². The fraction of sp³-hybridized carbons (Fsp3) is 0.316. The summed E-state index contributed by atoms with van der Waals surface area (Å²) >= 11 is 1.42. The predicted octanol–water partition coefficient (Wildman–Crippen LogP) is 3.02. The molecule has 1 unspecified atom stereocenters. The second-order valence-corrected chi connectivity index (χ2v) is 7.68. The predicted molar refractivity (Wildman–Crippen MR) is 110 cm³/mol. The Hall–Kier alpha value is -3.07. The van der Waals surface area contributed by atoms with Gasteiger partial charge in [0, 0.05) is 23.2 Å². The number of aryl methyl sites for hydroxylation is 2. The maximum Gasteiger partial charge on any atom is 0.279 e. The van der Waals surface area contributed by atoms with Gasteiger partial charge in [-0.1, -0.05) is 12.1 Å². The quantitative estimate of drug-likeness (QED) is 0.686. The average molecular weight is 399 g/mol. The van der Waals surface area contributed by atoms with Crippen molar-refractivity contribution in [2.45, 2.75) is 40.2 Å². The Bertz CT molecular complexity index is 1100. The summed E-state index contributed by atoms with van der Waals surface area (Å²) in [7, 11) is 0. The van der Waals surface area contributed by atoms with Gasteiger partial charge in [-0.25, -0.2) is 0 Å². The molecule has 2 aromatic heterocycles. The lowest BCUT2D eigenvalue weighted by molar-refractivity contribution is -0.119. The lowest BCUT2D eigenvalue weighted by Gasteiger charge is -2.16. The molecule has 1 atom stereocenters. The molecule has 3 aromatic rings. The number of aromatic nitrogens is 3. The number of amides is 2. The van der Waals surface area contributed by atoms with Crippen molar-refractivity contribution in [3.8, 4) is 0 Å². The molecular weight excluding hydrogens is 378 g/mol. The van der Waals surface area contributed by atoms with E-state index in [0.717, 1.165) is 15.1 Å². The van der Waals surface area contributed by atoms with Gasteiger partial charge in [-0.15, -0.1) is 16.4 Å². The highest BCUT2D eigenvalue weighted by Gasteiger charge is 2.24. The third kappa shape index (κ3) is 3.79. The molecule has 0 saturated heterocycles. The molecule has 2 N–H and O–H groups in total. The van der Waals surface area contributed by atoms with Gasteiger partial charge in [0.2, 0.25) is 11.8 Å². The second-order valence-electron chi connectivity index (χ2n) is 6.47. The van der Waals surface area contributed by atoms with Gasteiger partial charge in [-0.3, -0.25) is 14.4 Å². The van der Waals surface area contributed by atoms with Gasteiger partial charge in [0.25, 0.3) is 5.56 Å². The molecule has 1 aromatic carbocycles. The van der Waals surface area contributed by atoms with E-state index in [2.05, 4.69) is 20.9 Å². The Morgan fingerprint density at radius 1 is 1.14 bits per heavy atom. The van der Waals surface area contributed by atoms with Crippen LogP contribution in [0.5, 0.6) is 0 Å². The molecule has 0 saturated carbocycles. The number of benzene rings is 1. The normalized spacial score (nSPS) is 12.0. The maximum absolute atomic E-state index is 12.9. The average Bonchev–Trinajstić information content (AvgIpc) is 2.93. The van der Waals surface area contributed by atoms with Crippen LogP contribution in [0.3, 0.4) is 0 Å². The van der Waals surface area contributed by atoms with Crippen LogP contribution in [0.15, 0.2) is 29.1 Å². The molecule has 0 radical (unpaired) electrons. The minimum absolute atomic E-state index is 0.171. The first-order chi connectivity index (χ1) is 13.3. The molecule has 3 rings (SSSR count). The van der Waals surface area contributed by atoms with Gasteiger partial charge < -0.3 is 10.6 Å². The minimum Gasteiger partial charge on any atom is -0.326 e. The fourth-order valence-electron chi connectivity index (χ4n) is 2.91. The Morgan fingerprint density at radius 2 is 1.75 bits per heavy atom. The van der Waals surface area contributed by atoms with E-state index in [1.807, 2.05) is 20.8 Å². The third-order valence-electron chi connectivity index (χ3n) is 4.48. The molecular formula is C19H21N5O3S. The van der Waals surface area contributed by atoms with Crippen molar-refractivity contribution in [3.05, 3.63) is 45.1 Å². The zero-order valence-corrected chi connectivity index (χ0v) is 16.9. The molecule has 0 bridgehead atoms.